The molecule has 0 bridgehead atoms. The van der Waals surface area contributed by atoms with Crippen molar-refractivity contribution < 1.29 is 14.7 Å². The molecule has 0 radical (unpaired) electrons. The number of amides is 1. The fourth-order valence-electron chi connectivity index (χ4n) is 2.06. The summed E-state index contributed by atoms with van der Waals surface area (Å²) in [6.07, 6.45) is 0.435. The summed E-state index contributed by atoms with van der Waals surface area (Å²) in [5.41, 5.74) is 0.312. The molecule has 1 aromatic rings. The average molecular weight is 250 g/mol. The highest BCUT2D eigenvalue weighted by molar-refractivity contribution is 5.94. The van der Waals surface area contributed by atoms with Crippen LogP contribution in [0, 0.1) is 12.8 Å². The van der Waals surface area contributed by atoms with Gasteiger partial charge in [-0.3, -0.25) is 14.4 Å². The van der Waals surface area contributed by atoms with E-state index in [0.29, 0.717) is 18.7 Å². The molecule has 1 aromatic heterocycles. The molecule has 0 saturated carbocycles. The summed E-state index contributed by atoms with van der Waals surface area (Å²) in [4.78, 5) is 38.5. The number of carboxylic acid groups (broad SMARTS) is 1. The second-order valence-electron chi connectivity index (χ2n) is 4.46. The van der Waals surface area contributed by atoms with E-state index < -0.39 is 23.4 Å². The van der Waals surface area contributed by atoms with E-state index in [-0.39, 0.29) is 12.1 Å². The van der Waals surface area contributed by atoms with Crippen LogP contribution in [0.5, 0.6) is 0 Å². The highest BCUT2D eigenvalue weighted by Crippen LogP contribution is 2.17. The minimum atomic E-state index is -0.900. The fourth-order valence-corrected chi connectivity index (χ4v) is 2.06. The number of nitrogens with one attached hydrogen (secondary N) is 1. The van der Waals surface area contributed by atoms with Crippen LogP contribution in [0.15, 0.2) is 16.9 Å². The summed E-state index contributed by atoms with van der Waals surface area (Å²) >= 11 is 0. The number of carboxylic acids is 1. The van der Waals surface area contributed by atoms with Gasteiger partial charge in [-0.2, -0.15) is 0 Å². The zero-order valence-corrected chi connectivity index (χ0v) is 9.97. The summed E-state index contributed by atoms with van der Waals surface area (Å²) < 4.78 is 0. The Morgan fingerprint density at radius 2 is 2.17 bits per heavy atom. The highest BCUT2D eigenvalue weighted by Gasteiger charge is 2.31. The van der Waals surface area contributed by atoms with Gasteiger partial charge in [0.15, 0.2) is 0 Å². The van der Waals surface area contributed by atoms with Crippen molar-refractivity contribution in [3.8, 4) is 0 Å². The van der Waals surface area contributed by atoms with Crippen molar-refractivity contribution in [3.05, 3.63) is 33.7 Å². The minimum Gasteiger partial charge on any atom is -0.481 e. The molecule has 0 spiro atoms. The molecule has 1 aliphatic rings. The van der Waals surface area contributed by atoms with Crippen molar-refractivity contribution in [1.29, 1.82) is 0 Å². The molecule has 1 atom stereocenters. The first kappa shape index (κ1) is 12.3. The fraction of sp³-hybridized carbons (Fsp3) is 0.417. The van der Waals surface area contributed by atoms with E-state index in [1.165, 1.54) is 11.0 Å². The molecule has 6 heteroatoms. The molecule has 1 fully saturated rings. The molecule has 2 heterocycles. The van der Waals surface area contributed by atoms with Gasteiger partial charge in [0.05, 0.1) is 5.92 Å². The van der Waals surface area contributed by atoms with Gasteiger partial charge in [-0.1, -0.05) is 0 Å². The van der Waals surface area contributed by atoms with Gasteiger partial charge in [0, 0.05) is 18.8 Å². The molecule has 0 aliphatic carbocycles. The van der Waals surface area contributed by atoms with Crippen molar-refractivity contribution >= 4 is 11.9 Å². The number of carbonyl (C=O) groups excluding carboxylic acids is 1. The Kier molecular flexibility index (Phi) is 3.18. The lowest BCUT2D eigenvalue weighted by atomic mass is 10.1. The zero-order chi connectivity index (χ0) is 13.3. The number of aryl methyl sites for hydroxylation is 1. The molecular formula is C12H14N2O4. The third-order valence-corrected chi connectivity index (χ3v) is 3.11. The lowest BCUT2D eigenvalue weighted by Crippen LogP contribution is -2.33. The van der Waals surface area contributed by atoms with Crippen LogP contribution in [-0.2, 0) is 4.79 Å². The van der Waals surface area contributed by atoms with Crippen LogP contribution in [0.25, 0.3) is 0 Å². The molecular weight excluding hydrogens is 236 g/mol. The molecule has 2 rings (SSSR count). The molecule has 1 unspecified atom stereocenters. The van der Waals surface area contributed by atoms with E-state index in [0.717, 1.165) is 0 Å². The second kappa shape index (κ2) is 4.64. The zero-order valence-electron chi connectivity index (χ0n) is 9.97. The van der Waals surface area contributed by atoms with E-state index >= 15 is 0 Å². The Morgan fingerprint density at radius 1 is 1.44 bits per heavy atom. The van der Waals surface area contributed by atoms with Crippen molar-refractivity contribution in [1.82, 2.24) is 9.88 Å². The lowest BCUT2D eigenvalue weighted by molar-refractivity contribution is -0.141. The number of aromatic nitrogens is 1. The third-order valence-electron chi connectivity index (χ3n) is 3.11. The van der Waals surface area contributed by atoms with Gasteiger partial charge in [-0.25, -0.2) is 0 Å². The van der Waals surface area contributed by atoms with E-state index in [9.17, 15) is 14.4 Å². The summed E-state index contributed by atoms with van der Waals surface area (Å²) in [5.74, 6) is -1.83. The largest absolute Gasteiger partial charge is 0.481 e. The number of hydrogen-bond donors (Lipinski definition) is 2. The first-order valence-corrected chi connectivity index (χ1v) is 5.71. The van der Waals surface area contributed by atoms with Gasteiger partial charge >= 0.3 is 5.97 Å². The molecule has 1 amide bonds. The monoisotopic (exact) mass is 250 g/mol. The number of hydrogen-bond acceptors (Lipinski definition) is 3. The quantitative estimate of drug-likeness (QED) is 0.786. The lowest BCUT2D eigenvalue weighted by Gasteiger charge is -2.15. The van der Waals surface area contributed by atoms with Crippen molar-refractivity contribution in [3.63, 3.8) is 0 Å². The second-order valence-corrected chi connectivity index (χ2v) is 4.46. The molecule has 1 aliphatic heterocycles. The van der Waals surface area contributed by atoms with E-state index in [1.807, 2.05) is 0 Å². The predicted octanol–water partition coefficient (Wildman–Crippen LogP) is 0.230. The summed E-state index contributed by atoms with van der Waals surface area (Å²) in [6.45, 7) is 2.27. The predicted molar refractivity (Wildman–Crippen MR) is 63.4 cm³/mol. The van der Waals surface area contributed by atoms with Crippen LogP contribution in [0.1, 0.15) is 22.5 Å². The number of likely N-dealkylation sites (tertiary alicyclic amines) is 1. The van der Waals surface area contributed by atoms with E-state index in [2.05, 4.69) is 4.98 Å². The SMILES string of the molecule is Cc1ccc(C(=O)N2CCC(C(=O)O)C2)c(=O)[nH]1. The van der Waals surface area contributed by atoms with Gasteiger partial charge in [-0.05, 0) is 25.5 Å². The Morgan fingerprint density at radius 3 is 2.72 bits per heavy atom. The Bertz CT molecular complexity index is 549. The Hall–Kier alpha value is -2.11. The van der Waals surface area contributed by atoms with Crippen LogP contribution in [0.2, 0.25) is 0 Å². The van der Waals surface area contributed by atoms with Gasteiger partial charge in [-0.15, -0.1) is 0 Å². The Balaban J connectivity index is 2.18. The summed E-state index contributed by atoms with van der Waals surface area (Å²) in [6, 6.07) is 3.13. The molecule has 6 nitrogen and oxygen atoms in total. The van der Waals surface area contributed by atoms with Crippen LogP contribution >= 0.6 is 0 Å². The maximum Gasteiger partial charge on any atom is 0.308 e. The molecule has 0 aromatic carbocycles. The maximum atomic E-state index is 12.1. The topological polar surface area (TPSA) is 90.5 Å². The number of H-pyrrole nitrogens is 1. The minimum absolute atomic E-state index is 0.0617. The van der Waals surface area contributed by atoms with Crippen LogP contribution in [-0.4, -0.2) is 40.0 Å². The number of aromatic amines is 1. The number of carbonyl (C=O) groups is 2. The van der Waals surface area contributed by atoms with Crippen LogP contribution in [0.4, 0.5) is 0 Å². The van der Waals surface area contributed by atoms with E-state index in [4.69, 9.17) is 5.11 Å². The van der Waals surface area contributed by atoms with Gasteiger partial charge in [0.2, 0.25) is 0 Å². The number of nitrogens with zero attached hydrogens (tertiary/aromatic N) is 1. The maximum absolute atomic E-state index is 12.1. The number of rotatable bonds is 2. The van der Waals surface area contributed by atoms with E-state index in [1.54, 1.807) is 13.0 Å². The average Bonchev–Trinajstić information content (AvgIpc) is 2.77. The number of aliphatic carboxylic acids is 1. The molecule has 1 saturated heterocycles. The van der Waals surface area contributed by atoms with Gasteiger partial charge in [0.1, 0.15) is 5.56 Å². The number of pyridine rings is 1. The van der Waals surface area contributed by atoms with Crippen LogP contribution in [0.3, 0.4) is 0 Å². The molecule has 18 heavy (non-hydrogen) atoms. The van der Waals surface area contributed by atoms with Crippen molar-refractivity contribution in [2.24, 2.45) is 5.92 Å². The highest BCUT2D eigenvalue weighted by atomic mass is 16.4. The third kappa shape index (κ3) is 2.27. The Labute approximate surface area is 103 Å². The van der Waals surface area contributed by atoms with Crippen molar-refractivity contribution in [2.45, 2.75) is 13.3 Å². The summed E-state index contributed by atoms with van der Waals surface area (Å²) in [7, 11) is 0. The first-order chi connectivity index (χ1) is 8.49. The van der Waals surface area contributed by atoms with Gasteiger partial charge < -0.3 is 15.0 Å². The summed E-state index contributed by atoms with van der Waals surface area (Å²) in [5, 5.41) is 8.87. The van der Waals surface area contributed by atoms with Crippen LogP contribution < -0.4 is 5.56 Å². The first-order valence-electron chi connectivity index (χ1n) is 5.71. The smallest absolute Gasteiger partial charge is 0.308 e. The molecule has 2 N–H and O–H groups in total. The molecule has 96 valence electrons. The normalized spacial score (nSPS) is 18.9. The van der Waals surface area contributed by atoms with Gasteiger partial charge in [0.25, 0.3) is 11.5 Å². The van der Waals surface area contributed by atoms with Crippen molar-refractivity contribution in [2.75, 3.05) is 13.1 Å². The standard InChI is InChI=1S/C12H14N2O4/c1-7-2-3-9(10(15)13-7)11(16)14-5-4-8(6-14)12(17)18/h2-3,8H,4-6H2,1H3,(H,13,15)(H,17,18).